The van der Waals surface area contributed by atoms with Crippen molar-refractivity contribution in [3.05, 3.63) is 65.7 Å². The van der Waals surface area contributed by atoms with E-state index in [4.69, 9.17) is 4.74 Å². The van der Waals surface area contributed by atoms with E-state index in [1.54, 1.807) is 12.1 Å². The molecule has 0 atom stereocenters. The minimum atomic E-state index is -0.149. The van der Waals surface area contributed by atoms with Crippen LogP contribution in [0.2, 0.25) is 0 Å². The molecular formula is C18H17NO3. The lowest BCUT2D eigenvalue weighted by atomic mass is 9.99. The third kappa shape index (κ3) is 3.17. The molecule has 1 saturated heterocycles. The minimum Gasteiger partial charge on any atom is -0.460 e. The van der Waals surface area contributed by atoms with Gasteiger partial charge in [0.05, 0.1) is 5.92 Å². The highest BCUT2D eigenvalue weighted by atomic mass is 16.5. The number of hydrogen-bond acceptors (Lipinski definition) is 4. The van der Waals surface area contributed by atoms with Crippen molar-refractivity contribution in [1.82, 2.24) is 0 Å². The van der Waals surface area contributed by atoms with Gasteiger partial charge in [0.25, 0.3) is 0 Å². The molecule has 0 radical (unpaired) electrons. The van der Waals surface area contributed by atoms with E-state index in [1.165, 1.54) is 0 Å². The van der Waals surface area contributed by atoms with Crippen LogP contribution in [0.3, 0.4) is 0 Å². The number of carbonyl (C=O) groups excluding carboxylic acids is 2. The van der Waals surface area contributed by atoms with Gasteiger partial charge in [0, 0.05) is 24.3 Å². The first-order valence-corrected chi connectivity index (χ1v) is 7.27. The monoisotopic (exact) mass is 295 g/mol. The lowest BCUT2D eigenvalue weighted by Crippen LogP contribution is -2.51. The molecule has 0 N–H and O–H groups in total. The molecule has 0 spiro atoms. The largest absolute Gasteiger partial charge is 0.460 e. The fourth-order valence-electron chi connectivity index (χ4n) is 2.45. The molecule has 4 heteroatoms. The van der Waals surface area contributed by atoms with Crippen molar-refractivity contribution in [2.24, 2.45) is 5.92 Å². The zero-order valence-corrected chi connectivity index (χ0v) is 12.1. The molecule has 0 aliphatic carbocycles. The van der Waals surface area contributed by atoms with Crippen molar-refractivity contribution in [3.8, 4) is 0 Å². The van der Waals surface area contributed by atoms with E-state index in [2.05, 4.69) is 4.90 Å². The van der Waals surface area contributed by atoms with Gasteiger partial charge in [0.15, 0.2) is 0 Å². The Kier molecular flexibility index (Phi) is 4.19. The lowest BCUT2D eigenvalue weighted by Gasteiger charge is -2.39. The van der Waals surface area contributed by atoms with Crippen LogP contribution in [-0.4, -0.2) is 25.3 Å². The first-order valence-electron chi connectivity index (χ1n) is 7.27. The van der Waals surface area contributed by atoms with Crippen LogP contribution in [-0.2, 0) is 16.1 Å². The van der Waals surface area contributed by atoms with Crippen LogP contribution in [0.1, 0.15) is 15.9 Å². The summed E-state index contributed by atoms with van der Waals surface area (Å²) in [6.45, 7) is 1.65. The summed E-state index contributed by atoms with van der Waals surface area (Å²) < 4.78 is 5.34. The van der Waals surface area contributed by atoms with Crippen LogP contribution in [0, 0.1) is 5.92 Å². The number of aldehydes is 1. The quantitative estimate of drug-likeness (QED) is 0.628. The minimum absolute atomic E-state index is 0.0746. The summed E-state index contributed by atoms with van der Waals surface area (Å²) in [6.07, 6.45) is 0.823. The molecule has 2 aromatic rings. The average Bonchev–Trinajstić information content (AvgIpc) is 2.53. The third-order valence-electron chi connectivity index (χ3n) is 3.83. The number of esters is 1. The molecule has 1 aliphatic rings. The summed E-state index contributed by atoms with van der Waals surface area (Å²) in [5.74, 6) is -0.223. The number of rotatable bonds is 5. The Labute approximate surface area is 129 Å². The number of ether oxygens (including phenoxy) is 1. The van der Waals surface area contributed by atoms with Gasteiger partial charge in [0.1, 0.15) is 12.9 Å². The zero-order chi connectivity index (χ0) is 15.4. The second-order valence-corrected chi connectivity index (χ2v) is 5.40. The maximum Gasteiger partial charge on any atom is 0.312 e. The third-order valence-corrected chi connectivity index (χ3v) is 3.83. The number of carbonyl (C=O) groups is 2. The Hall–Kier alpha value is -2.62. The Morgan fingerprint density at radius 1 is 1.09 bits per heavy atom. The summed E-state index contributed by atoms with van der Waals surface area (Å²) in [7, 11) is 0. The van der Waals surface area contributed by atoms with Gasteiger partial charge in [-0.3, -0.25) is 9.59 Å². The molecule has 0 amide bonds. The van der Waals surface area contributed by atoms with Gasteiger partial charge in [0.2, 0.25) is 0 Å². The molecule has 3 rings (SSSR count). The van der Waals surface area contributed by atoms with Crippen molar-refractivity contribution < 1.29 is 14.3 Å². The summed E-state index contributed by atoms with van der Waals surface area (Å²) in [5.41, 5.74) is 2.68. The van der Waals surface area contributed by atoms with Gasteiger partial charge in [-0.15, -0.1) is 0 Å². The molecule has 1 aliphatic heterocycles. The fourth-order valence-corrected chi connectivity index (χ4v) is 2.45. The zero-order valence-electron chi connectivity index (χ0n) is 12.1. The van der Waals surface area contributed by atoms with Crippen LogP contribution >= 0.6 is 0 Å². The van der Waals surface area contributed by atoms with Crippen molar-refractivity contribution in [2.45, 2.75) is 6.61 Å². The number of hydrogen-bond donors (Lipinski definition) is 0. The molecule has 1 heterocycles. The molecule has 22 heavy (non-hydrogen) atoms. The predicted octanol–water partition coefficient (Wildman–Crippen LogP) is 2.68. The van der Waals surface area contributed by atoms with Crippen LogP contribution < -0.4 is 4.90 Å². The van der Waals surface area contributed by atoms with E-state index in [1.807, 2.05) is 42.5 Å². The Morgan fingerprint density at radius 3 is 2.41 bits per heavy atom. The molecular weight excluding hydrogens is 278 g/mol. The summed E-state index contributed by atoms with van der Waals surface area (Å²) >= 11 is 0. The van der Waals surface area contributed by atoms with Crippen molar-refractivity contribution in [3.63, 3.8) is 0 Å². The molecule has 112 valence electrons. The van der Waals surface area contributed by atoms with E-state index >= 15 is 0 Å². The first-order chi connectivity index (χ1) is 10.8. The molecule has 0 bridgehead atoms. The van der Waals surface area contributed by atoms with E-state index in [-0.39, 0.29) is 11.9 Å². The van der Waals surface area contributed by atoms with Gasteiger partial charge in [-0.1, -0.05) is 30.3 Å². The van der Waals surface area contributed by atoms with E-state index in [0.29, 0.717) is 25.3 Å². The topological polar surface area (TPSA) is 46.6 Å². The highest BCUT2D eigenvalue weighted by Gasteiger charge is 2.33. The Bertz CT molecular complexity index is 646. The van der Waals surface area contributed by atoms with Gasteiger partial charge < -0.3 is 9.64 Å². The molecule has 1 fully saturated rings. The molecule has 0 unspecified atom stereocenters. The SMILES string of the molecule is O=Cc1ccc(N2CC(C(=O)OCc3ccccc3)C2)cc1. The number of benzene rings is 2. The van der Waals surface area contributed by atoms with Crippen LogP contribution in [0.4, 0.5) is 5.69 Å². The van der Waals surface area contributed by atoms with Gasteiger partial charge >= 0.3 is 5.97 Å². The lowest BCUT2D eigenvalue weighted by molar-refractivity contribution is -0.150. The summed E-state index contributed by atoms with van der Waals surface area (Å²) in [5, 5.41) is 0. The molecule has 4 nitrogen and oxygen atoms in total. The van der Waals surface area contributed by atoms with Crippen LogP contribution in [0.25, 0.3) is 0 Å². The average molecular weight is 295 g/mol. The van der Waals surface area contributed by atoms with Crippen LogP contribution in [0.5, 0.6) is 0 Å². The van der Waals surface area contributed by atoms with Gasteiger partial charge in [-0.25, -0.2) is 0 Å². The number of anilines is 1. The predicted molar refractivity (Wildman–Crippen MR) is 83.8 cm³/mol. The Balaban J connectivity index is 1.48. The van der Waals surface area contributed by atoms with E-state index in [9.17, 15) is 9.59 Å². The molecule has 2 aromatic carbocycles. The smallest absolute Gasteiger partial charge is 0.312 e. The maximum absolute atomic E-state index is 12.0. The van der Waals surface area contributed by atoms with Crippen molar-refractivity contribution in [2.75, 3.05) is 18.0 Å². The highest BCUT2D eigenvalue weighted by molar-refractivity contribution is 5.78. The summed E-state index contributed by atoms with van der Waals surface area (Å²) in [4.78, 5) is 24.7. The molecule has 0 saturated carbocycles. The van der Waals surface area contributed by atoms with E-state index in [0.717, 1.165) is 17.5 Å². The van der Waals surface area contributed by atoms with Gasteiger partial charge in [-0.2, -0.15) is 0 Å². The second-order valence-electron chi connectivity index (χ2n) is 5.40. The van der Waals surface area contributed by atoms with Crippen LogP contribution in [0.15, 0.2) is 54.6 Å². The normalized spacial score (nSPS) is 14.3. The standard InChI is InChI=1S/C18H17NO3/c20-12-14-6-8-17(9-7-14)19-10-16(11-19)18(21)22-13-15-4-2-1-3-5-15/h1-9,12,16H,10-11,13H2. The molecule has 0 aromatic heterocycles. The number of nitrogens with zero attached hydrogens (tertiary/aromatic N) is 1. The highest BCUT2D eigenvalue weighted by Crippen LogP contribution is 2.25. The van der Waals surface area contributed by atoms with Gasteiger partial charge in [-0.05, 0) is 29.8 Å². The first kappa shape index (κ1) is 14.3. The maximum atomic E-state index is 12.0. The van der Waals surface area contributed by atoms with E-state index < -0.39 is 0 Å². The fraction of sp³-hybridized carbons (Fsp3) is 0.222. The second kappa shape index (κ2) is 6.43. The Morgan fingerprint density at radius 2 is 1.77 bits per heavy atom. The van der Waals surface area contributed by atoms with Crippen molar-refractivity contribution >= 4 is 17.9 Å². The van der Waals surface area contributed by atoms with Crippen molar-refractivity contribution in [1.29, 1.82) is 0 Å². The summed E-state index contributed by atoms with van der Waals surface area (Å²) in [6, 6.07) is 17.0.